The summed E-state index contributed by atoms with van der Waals surface area (Å²) in [5, 5.41) is 3.66. The highest BCUT2D eigenvalue weighted by Crippen LogP contribution is 2.29. The fourth-order valence-electron chi connectivity index (χ4n) is 3.06. The summed E-state index contributed by atoms with van der Waals surface area (Å²) >= 11 is 0. The molecular formula is C17H36N2. The van der Waals surface area contributed by atoms with Crippen LogP contribution in [0, 0.1) is 5.41 Å². The van der Waals surface area contributed by atoms with E-state index in [0.717, 1.165) is 6.04 Å². The van der Waals surface area contributed by atoms with Gasteiger partial charge in [0.25, 0.3) is 0 Å². The first-order valence-electron chi connectivity index (χ1n) is 8.53. The van der Waals surface area contributed by atoms with E-state index < -0.39 is 0 Å². The molecule has 0 bridgehead atoms. The molecule has 1 saturated heterocycles. The Morgan fingerprint density at radius 1 is 1.16 bits per heavy atom. The Morgan fingerprint density at radius 3 is 2.63 bits per heavy atom. The second-order valence-electron chi connectivity index (χ2n) is 7.06. The molecule has 0 aliphatic carbocycles. The number of hydrogen-bond donors (Lipinski definition) is 1. The standard InChI is InChI=1S/C17H36N2/c1-5-12-18-16(6-2)9-7-13-19-14-8-10-17(3,4)11-15-19/h16,18H,5-15H2,1-4H3. The van der Waals surface area contributed by atoms with Gasteiger partial charge in [-0.1, -0.05) is 27.7 Å². The van der Waals surface area contributed by atoms with Crippen molar-refractivity contribution in [3.05, 3.63) is 0 Å². The smallest absolute Gasteiger partial charge is 0.00649 e. The zero-order chi connectivity index (χ0) is 14.1. The number of likely N-dealkylation sites (tertiary alicyclic amines) is 1. The van der Waals surface area contributed by atoms with Crippen molar-refractivity contribution in [1.29, 1.82) is 0 Å². The third kappa shape index (κ3) is 7.31. The van der Waals surface area contributed by atoms with Crippen molar-refractivity contribution in [3.8, 4) is 0 Å². The van der Waals surface area contributed by atoms with Gasteiger partial charge in [-0.25, -0.2) is 0 Å². The Balaban J connectivity index is 2.17. The van der Waals surface area contributed by atoms with Crippen LogP contribution in [0.15, 0.2) is 0 Å². The van der Waals surface area contributed by atoms with Crippen molar-refractivity contribution in [2.24, 2.45) is 5.41 Å². The van der Waals surface area contributed by atoms with E-state index in [9.17, 15) is 0 Å². The van der Waals surface area contributed by atoms with Gasteiger partial charge in [-0.05, 0) is 76.5 Å². The Bertz CT molecular complexity index is 225. The fourth-order valence-corrected chi connectivity index (χ4v) is 3.06. The van der Waals surface area contributed by atoms with Crippen LogP contribution in [0.2, 0.25) is 0 Å². The number of nitrogens with one attached hydrogen (secondary N) is 1. The Kier molecular flexibility index (Phi) is 8.01. The van der Waals surface area contributed by atoms with Crippen LogP contribution < -0.4 is 5.32 Å². The molecule has 114 valence electrons. The molecule has 0 radical (unpaired) electrons. The molecule has 1 heterocycles. The maximum atomic E-state index is 3.66. The molecule has 0 aromatic heterocycles. The molecule has 0 amide bonds. The van der Waals surface area contributed by atoms with E-state index in [4.69, 9.17) is 0 Å². The maximum Gasteiger partial charge on any atom is 0.00649 e. The number of rotatable bonds is 8. The van der Waals surface area contributed by atoms with Gasteiger partial charge in [-0.3, -0.25) is 0 Å². The molecule has 0 aromatic carbocycles. The summed E-state index contributed by atoms with van der Waals surface area (Å²) in [7, 11) is 0. The fraction of sp³-hybridized carbons (Fsp3) is 1.00. The number of nitrogens with zero attached hydrogens (tertiary/aromatic N) is 1. The third-order valence-electron chi connectivity index (χ3n) is 4.64. The zero-order valence-corrected chi connectivity index (χ0v) is 13.8. The summed E-state index contributed by atoms with van der Waals surface area (Å²) in [5.74, 6) is 0. The summed E-state index contributed by atoms with van der Waals surface area (Å²) in [6.07, 6.45) is 9.38. The van der Waals surface area contributed by atoms with E-state index in [0.29, 0.717) is 5.41 Å². The van der Waals surface area contributed by atoms with Crippen LogP contribution in [-0.2, 0) is 0 Å². The lowest BCUT2D eigenvalue weighted by Crippen LogP contribution is -2.31. The summed E-state index contributed by atoms with van der Waals surface area (Å²) in [6, 6.07) is 0.739. The van der Waals surface area contributed by atoms with Gasteiger partial charge < -0.3 is 10.2 Å². The van der Waals surface area contributed by atoms with Crippen molar-refractivity contribution in [3.63, 3.8) is 0 Å². The minimum Gasteiger partial charge on any atom is -0.314 e. The summed E-state index contributed by atoms with van der Waals surface area (Å²) in [5.41, 5.74) is 0.573. The zero-order valence-electron chi connectivity index (χ0n) is 13.8. The van der Waals surface area contributed by atoms with Gasteiger partial charge in [-0.15, -0.1) is 0 Å². The van der Waals surface area contributed by atoms with E-state index in [1.54, 1.807) is 0 Å². The molecule has 0 aromatic rings. The molecule has 0 spiro atoms. The quantitative estimate of drug-likeness (QED) is 0.714. The molecule has 19 heavy (non-hydrogen) atoms. The minimum absolute atomic E-state index is 0.573. The van der Waals surface area contributed by atoms with Crippen molar-refractivity contribution >= 4 is 0 Å². The SMILES string of the molecule is CCCNC(CC)CCCN1CCCC(C)(C)CC1. The van der Waals surface area contributed by atoms with Crippen LogP contribution in [0.4, 0.5) is 0 Å². The molecule has 1 fully saturated rings. The molecule has 0 saturated carbocycles. The van der Waals surface area contributed by atoms with Gasteiger partial charge >= 0.3 is 0 Å². The van der Waals surface area contributed by atoms with E-state index in [1.807, 2.05) is 0 Å². The van der Waals surface area contributed by atoms with Gasteiger partial charge in [0, 0.05) is 6.04 Å². The van der Waals surface area contributed by atoms with Crippen LogP contribution in [0.1, 0.15) is 72.6 Å². The highest BCUT2D eigenvalue weighted by Gasteiger charge is 2.22. The van der Waals surface area contributed by atoms with Gasteiger partial charge in [-0.2, -0.15) is 0 Å². The number of hydrogen-bond acceptors (Lipinski definition) is 2. The molecular weight excluding hydrogens is 232 g/mol. The Hall–Kier alpha value is -0.0800. The largest absolute Gasteiger partial charge is 0.314 e. The van der Waals surface area contributed by atoms with Crippen molar-refractivity contribution < 1.29 is 0 Å². The van der Waals surface area contributed by atoms with E-state index >= 15 is 0 Å². The van der Waals surface area contributed by atoms with Crippen molar-refractivity contribution in [2.75, 3.05) is 26.2 Å². The van der Waals surface area contributed by atoms with Crippen molar-refractivity contribution in [1.82, 2.24) is 10.2 Å². The van der Waals surface area contributed by atoms with Gasteiger partial charge in [0.05, 0.1) is 0 Å². The average molecular weight is 268 g/mol. The summed E-state index contributed by atoms with van der Waals surface area (Å²) < 4.78 is 0. The van der Waals surface area contributed by atoms with Crippen molar-refractivity contribution in [2.45, 2.75) is 78.7 Å². The maximum absolute atomic E-state index is 3.66. The molecule has 2 nitrogen and oxygen atoms in total. The van der Waals surface area contributed by atoms with Gasteiger partial charge in [0.2, 0.25) is 0 Å². The van der Waals surface area contributed by atoms with Crippen LogP contribution >= 0.6 is 0 Å². The first-order chi connectivity index (χ1) is 9.07. The molecule has 2 heteroatoms. The van der Waals surface area contributed by atoms with Crippen LogP contribution in [0.5, 0.6) is 0 Å². The lowest BCUT2D eigenvalue weighted by molar-refractivity contribution is 0.253. The lowest BCUT2D eigenvalue weighted by Gasteiger charge is -2.24. The predicted octanol–water partition coefficient (Wildman–Crippen LogP) is 4.06. The van der Waals surface area contributed by atoms with Gasteiger partial charge in [0.1, 0.15) is 0 Å². The molecule has 1 atom stereocenters. The van der Waals surface area contributed by atoms with Gasteiger partial charge in [0.15, 0.2) is 0 Å². The second-order valence-corrected chi connectivity index (χ2v) is 7.06. The second kappa shape index (κ2) is 8.97. The first-order valence-corrected chi connectivity index (χ1v) is 8.53. The monoisotopic (exact) mass is 268 g/mol. The molecule has 1 aliphatic heterocycles. The summed E-state index contributed by atoms with van der Waals surface area (Å²) in [6.45, 7) is 14.5. The first kappa shape index (κ1) is 17.0. The predicted molar refractivity (Wildman–Crippen MR) is 85.7 cm³/mol. The van der Waals surface area contributed by atoms with Crippen LogP contribution in [0.25, 0.3) is 0 Å². The minimum atomic E-state index is 0.573. The van der Waals surface area contributed by atoms with E-state index in [-0.39, 0.29) is 0 Å². The average Bonchev–Trinajstić information content (AvgIpc) is 2.55. The lowest BCUT2D eigenvalue weighted by atomic mass is 9.85. The highest BCUT2D eigenvalue weighted by molar-refractivity contribution is 4.76. The molecule has 1 N–H and O–H groups in total. The highest BCUT2D eigenvalue weighted by atomic mass is 15.1. The Morgan fingerprint density at radius 2 is 1.95 bits per heavy atom. The molecule has 1 aliphatic rings. The van der Waals surface area contributed by atoms with E-state index in [2.05, 4.69) is 37.9 Å². The molecule has 1 unspecified atom stereocenters. The Labute approximate surface area is 121 Å². The third-order valence-corrected chi connectivity index (χ3v) is 4.64. The van der Waals surface area contributed by atoms with E-state index in [1.165, 1.54) is 71.1 Å². The topological polar surface area (TPSA) is 15.3 Å². The summed E-state index contributed by atoms with van der Waals surface area (Å²) in [4.78, 5) is 2.70. The normalized spacial score (nSPS) is 22.1. The molecule has 1 rings (SSSR count). The van der Waals surface area contributed by atoms with Crippen LogP contribution in [-0.4, -0.2) is 37.1 Å². The van der Waals surface area contributed by atoms with Crippen LogP contribution in [0.3, 0.4) is 0 Å².